The van der Waals surface area contributed by atoms with Gasteiger partial charge in [-0.05, 0) is 25.5 Å². The van der Waals surface area contributed by atoms with Gasteiger partial charge in [-0.3, -0.25) is 9.71 Å². The van der Waals surface area contributed by atoms with Crippen molar-refractivity contribution in [2.24, 2.45) is 0 Å². The van der Waals surface area contributed by atoms with Gasteiger partial charge in [-0.15, -0.1) is 0 Å². The summed E-state index contributed by atoms with van der Waals surface area (Å²) >= 11 is 0. The maximum absolute atomic E-state index is 13.3. The first kappa shape index (κ1) is 15.8. The molecule has 0 spiro atoms. The Balaban J connectivity index is 2.38. The van der Waals surface area contributed by atoms with Crippen LogP contribution in [0.25, 0.3) is 0 Å². The third kappa shape index (κ3) is 6.49. The van der Waals surface area contributed by atoms with Crippen LogP contribution in [0.2, 0.25) is 0 Å². The summed E-state index contributed by atoms with van der Waals surface area (Å²) in [5.41, 5.74) is -0.0599. The molecule has 1 rings (SSSR count). The molecular formula is C12H20FN3O2S. The third-order valence-electron chi connectivity index (χ3n) is 2.43. The molecule has 1 aromatic heterocycles. The third-order valence-corrected chi connectivity index (χ3v) is 3.79. The monoisotopic (exact) mass is 289 g/mol. The molecule has 5 nitrogen and oxygen atoms in total. The molecule has 0 radical (unpaired) electrons. The van der Waals surface area contributed by atoms with Gasteiger partial charge in [-0.25, -0.2) is 12.8 Å². The summed E-state index contributed by atoms with van der Waals surface area (Å²) in [4.78, 5) is 3.56. The summed E-state index contributed by atoms with van der Waals surface area (Å²) in [6, 6.07) is 1.69. The van der Waals surface area contributed by atoms with Crippen molar-refractivity contribution in [3.05, 3.63) is 24.3 Å². The highest BCUT2D eigenvalue weighted by Crippen LogP contribution is 2.13. The number of aromatic nitrogens is 1. The van der Waals surface area contributed by atoms with Crippen molar-refractivity contribution in [2.45, 2.75) is 32.7 Å². The van der Waals surface area contributed by atoms with E-state index in [0.29, 0.717) is 12.5 Å². The second-order valence-electron chi connectivity index (χ2n) is 4.59. The normalized spacial score (nSPS) is 11.8. The second-order valence-corrected chi connectivity index (χ2v) is 6.43. The molecule has 19 heavy (non-hydrogen) atoms. The van der Waals surface area contributed by atoms with E-state index in [1.54, 1.807) is 0 Å². The van der Waals surface area contributed by atoms with E-state index >= 15 is 0 Å². The second kappa shape index (κ2) is 7.40. The van der Waals surface area contributed by atoms with Crippen molar-refractivity contribution in [2.75, 3.05) is 17.0 Å². The maximum Gasteiger partial charge on any atom is 0.232 e. The van der Waals surface area contributed by atoms with Gasteiger partial charge >= 0.3 is 0 Å². The van der Waals surface area contributed by atoms with E-state index in [2.05, 4.69) is 15.0 Å². The first-order valence-corrected chi connectivity index (χ1v) is 7.89. The lowest BCUT2D eigenvalue weighted by Gasteiger charge is -2.09. The maximum atomic E-state index is 13.3. The van der Waals surface area contributed by atoms with Gasteiger partial charge in [0.15, 0.2) is 5.82 Å². The Morgan fingerprint density at radius 3 is 2.74 bits per heavy atom. The number of rotatable bonds is 8. The lowest BCUT2D eigenvalue weighted by Crippen LogP contribution is -2.24. The van der Waals surface area contributed by atoms with Crippen molar-refractivity contribution in [1.29, 1.82) is 0 Å². The van der Waals surface area contributed by atoms with E-state index in [1.807, 2.05) is 13.8 Å². The Morgan fingerprint density at radius 2 is 2.11 bits per heavy atom. The van der Waals surface area contributed by atoms with Crippen molar-refractivity contribution in [3.8, 4) is 0 Å². The highest BCUT2D eigenvalue weighted by molar-refractivity contribution is 7.92. The number of nitrogens with zero attached hydrogens (tertiary/aromatic N) is 1. The van der Waals surface area contributed by atoms with Gasteiger partial charge in [-0.1, -0.05) is 13.8 Å². The molecule has 0 unspecified atom stereocenters. The van der Waals surface area contributed by atoms with Crippen LogP contribution in [0.15, 0.2) is 18.5 Å². The van der Waals surface area contributed by atoms with Gasteiger partial charge in [0.1, 0.15) is 0 Å². The predicted octanol–water partition coefficient (Wildman–Crippen LogP) is 1.74. The minimum atomic E-state index is -3.50. The van der Waals surface area contributed by atoms with Crippen molar-refractivity contribution >= 4 is 15.7 Å². The first-order chi connectivity index (χ1) is 8.91. The molecule has 0 bridgehead atoms. The fraction of sp³-hybridized carbons (Fsp3) is 0.583. The van der Waals surface area contributed by atoms with Gasteiger partial charge < -0.3 is 5.32 Å². The first-order valence-electron chi connectivity index (χ1n) is 6.24. The number of nitrogens with one attached hydrogen (secondary N) is 2. The lowest BCUT2D eigenvalue weighted by atomic mass is 10.3. The van der Waals surface area contributed by atoms with Crippen LogP contribution in [-0.2, 0) is 10.0 Å². The van der Waals surface area contributed by atoms with Gasteiger partial charge in [-0.2, -0.15) is 0 Å². The highest BCUT2D eigenvalue weighted by atomic mass is 32.2. The molecule has 0 aliphatic rings. The number of sulfonamides is 1. The van der Waals surface area contributed by atoms with Crippen LogP contribution < -0.4 is 10.0 Å². The molecule has 7 heteroatoms. The summed E-state index contributed by atoms with van der Waals surface area (Å²) in [6.07, 6.45) is 3.61. The number of hydrogen-bond donors (Lipinski definition) is 2. The summed E-state index contributed by atoms with van der Waals surface area (Å²) in [5, 5.41) is 3.21. The molecule has 1 aromatic rings. The summed E-state index contributed by atoms with van der Waals surface area (Å²) in [5.74, 6) is -0.693. The molecule has 2 N–H and O–H groups in total. The van der Waals surface area contributed by atoms with Gasteiger partial charge in [0.05, 0.1) is 17.6 Å². The van der Waals surface area contributed by atoms with Crippen LogP contribution in [0.1, 0.15) is 26.7 Å². The fourth-order valence-corrected chi connectivity index (χ4v) is 2.67. The van der Waals surface area contributed by atoms with Gasteiger partial charge in [0.25, 0.3) is 0 Å². The van der Waals surface area contributed by atoms with E-state index < -0.39 is 15.8 Å². The van der Waals surface area contributed by atoms with Gasteiger partial charge in [0.2, 0.25) is 10.0 Å². The van der Waals surface area contributed by atoms with Crippen LogP contribution >= 0.6 is 0 Å². The largest absolute Gasteiger partial charge is 0.315 e. The molecule has 0 aliphatic carbocycles. The van der Waals surface area contributed by atoms with Crippen molar-refractivity contribution < 1.29 is 12.8 Å². The smallest absolute Gasteiger partial charge is 0.232 e. The minimum Gasteiger partial charge on any atom is -0.315 e. The lowest BCUT2D eigenvalue weighted by molar-refractivity contribution is 0.560. The molecule has 0 aromatic carbocycles. The SMILES string of the molecule is CC(C)NCCCCS(=O)(=O)Nc1ccncc1F. The number of pyridine rings is 1. The standard InChI is InChI=1S/C12H20FN3O2S/c1-10(2)15-6-3-4-8-19(17,18)16-12-5-7-14-9-11(12)13/h5,7,9-10,15H,3-4,6,8H2,1-2H3,(H,14,16). The Bertz CT molecular complexity index is 492. The summed E-state index contributed by atoms with van der Waals surface area (Å²) in [6.45, 7) is 4.84. The zero-order valence-electron chi connectivity index (χ0n) is 11.2. The number of unbranched alkanes of at least 4 members (excludes halogenated alkanes) is 1. The minimum absolute atomic E-state index is 0.0193. The zero-order chi connectivity index (χ0) is 14.3. The van der Waals surface area contributed by atoms with E-state index in [1.165, 1.54) is 12.3 Å². The van der Waals surface area contributed by atoms with E-state index in [0.717, 1.165) is 19.2 Å². The van der Waals surface area contributed by atoms with Crippen LogP contribution in [0.5, 0.6) is 0 Å². The number of hydrogen-bond acceptors (Lipinski definition) is 4. The van der Waals surface area contributed by atoms with E-state index in [-0.39, 0.29) is 11.4 Å². The Kier molecular flexibility index (Phi) is 6.17. The molecule has 1 heterocycles. The molecule has 0 aliphatic heterocycles. The molecule has 0 saturated carbocycles. The quantitative estimate of drug-likeness (QED) is 0.715. The Hall–Kier alpha value is -1.21. The summed E-state index contributed by atoms with van der Waals surface area (Å²) < 4.78 is 38.9. The topological polar surface area (TPSA) is 71.1 Å². The van der Waals surface area contributed by atoms with Crippen LogP contribution in [0.4, 0.5) is 10.1 Å². The van der Waals surface area contributed by atoms with E-state index in [4.69, 9.17) is 0 Å². The number of halogens is 1. The summed E-state index contributed by atoms with van der Waals surface area (Å²) in [7, 11) is -3.50. The average Bonchev–Trinajstić information content (AvgIpc) is 2.31. The van der Waals surface area contributed by atoms with E-state index in [9.17, 15) is 12.8 Å². The number of anilines is 1. The molecule has 0 fully saturated rings. The molecule has 0 atom stereocenters. The van der Waals surface area contributed by atoms with Crippen molar-refractivity contribution in [3.63, 3.8) is 0 Å². The van der Waals surface area contributed by atoms with Gasteiger partial charge in [0, 0.05) is 12.2 Å². The molecular weight excluding hydrogens is 269 g/mol. The van der Waals surface area contributed by atoms with Crippen LogP contribution in [0, 0.1) is 5.82 Å². The molecule has 0 saturated heterocycles. The van der Waals surface area contributed by atoms with Crippen molar-refractivity contribution in [1.82, 2.24) is 10.3 Å². The molecule has 108 valence electrons. The Morgan fingerprint density at radius 1 is 1.37 bits per heavy atom. The predicted molar refractivity (Wildman–Crippen MR) is 74.0 cm³/mol. The average molecular weight is 289 g/mol. The van der Waals surface area contributed by atoms with Crippen LogP contribution in [0.3, 0.4) is 0 Å². The fourth-order valence-electron chi connectivity index (χ4n) is 1.48. The van der Waals surface area contributed by atoms with Crippen LogP contribution in [-0.4, -0.2) is 31.7 Å². The molecule has 0 amide bonds. The zero-order valence-corrected chi connectivity index (χ0v) is 12.0. The highest BCUT2D eigenvalue weighted by Gasteiger charge is 2.12. The Labute approximate surface area is 113 Å².